The van der Waals surface area contributed by atoms with Crippen molar-refractivity contribution in [3.05, 3.63) is 30.5 Å². The fraction of sp³-hybridized carbons (Fsp3) is 0.524. The van der Waals surface area contributed by atoms with Crippen molar-refractivity contribution in [1.29, 1.82) is 0 Å². The average molecular weight is 382 g/mol. The minimum absolute atomic E-state index is 0.0389. The van der Waals surface area contributed by atoms with Gasteiger partial charge in [-0.25, -0.2) is 0 Å². The molecular formula is C21H26N4O3. The Balaban J connectivity index is 1.31. The third-order valence-electron chi connectivity index (χ3n) is 5.86. The molecule has 2 aromatic rings. The molecule has 0 radical (unpaired) electrons. The van der Waals surface area contributed by atoms with Crippen LogP contribution in [0.4, 0.5) is 0 Å². The van der Waals surface area contributed by atoms with Crippen LogP contribution in [0.1, 0.15) is 32.6 Å². The highest BCUT2D eigenvalue weighted by atomic mass is 16.5. The second-order valence-corrected chi connectivity index (χ2v) is 7.66. The van der Waals surface area contributed by atoms with E-state index in [2.05, 4.69) is 10.2 Å². The molecular weight excluding hydrogens is 356 g/mol. The molecule has 4 rings (SSSR count). The van der Waals surface area contributed by atoms with Crippen LogP contribution < -0.4 is 4.74 Å². The van der Waals surface area contributed by atoms with E-state index in [1.165, 1.54) is 0 Å². The molecule has 0 saturated carbocycles. The maximum Gasteiger partial charge on any atom is 0.241 e. The van der Waals surface area contributed by atoms with Crippen molar-refractivity contribution in [1.82, 2.24) is 20.0 Å². The second kappa shape index (κ2) is 8.12. The Kier molecular flexibility index (Phi) is 5.41. The van der Waals surface area contributed by atoms with E-state index in [-0.39, 0.29) is 23.8 Å². The van der Waals surface area contributed by atoms with Gasteiger partial charge in [-0.05, 0) is 18.9 Å². The summed E-state index contributed by atoms with van der Waals surface area (Å²) in [5, 5.41) is 10.2. The predicted molar refractivity (Wildman–Crippen MR) is 105 cm³/mol. The molecule has 3 heterocycles. The second-order valence-electron chi connectivity index (χ2n) is 7.66. The van der Waals surface area contributed by atoms with E-state index >= 15 is 0 Å². The van der Waals surface area contributed by atoms with E-state index in [1.807, 2.05) is 34.1 Å². The molecule has 2 saturated heterocycles. The molecule has 0 N–H and O–H groups in total. The summed E-state index contributed by atoms with van der Waals surface area (Å²) in [6.07, 6.45) is 4.90. The normalized spacial score (nSPS) is 19.0. The molecule has 0 atom stereocenters. The lowest BCUT2D eigenvalue weighted by atomic mass is 9.94. The summed E-state index contributed by atoms with van der Waals surface area (Å²) in [6, 6.07) is 7.93. The molecule has 2 fully saturated rings. The molecule has 28 heavy (non-hydrogen) atoms. The lowest BCUT2D eigenvalue weighted by Crippen LogP contribution is -2.47. The number of ether oxygens (including phenoxy) is 1. The van der Waals surface area contributed by atoms with E-state index in [0.29, 0.717) is 32.1 Å². The highest BCUT2D eigenvalue weighted by Crippen LogP contribution is 2.26. The van der Waals surface area contributed by atoms with E-state index in [0.717, 1.165) is 36.5 Å². The molecule has 0 unspecified atom stereocenters. The van der Waals surface area contributed by atoms with Gasteiger partial charge < -0.3 is 14.5 Å². The van der Waals surface area contributed by atoms with Crippen molar-refractivity contribution in [3.8, 4) is 5.88 Å². The summed E-state index contributed by atoms with van der Waals surface area (Å²) in [6.45, 7) is 4.37. The molecule has 0 bridgehead atoms. The van der Waals surface area contributed by atoms with Gasteiger partial charge in [0.05, 0.1) is 6.20 Å². The van der Waals surface area contributed by atoms with Gasteiger partial charge >= 0.3 is 0 Å². The number of carbonyl (C=O) groups excluding carboxylic acids is 2. The number of likely N-dealkylation sites (tertiary alicyclic amines) is 2. The summed E-state index contributed by atoms with van der Waals surface area (Å²) in [7, 11) is 0. The Hall–Kier alpha value is -2.70. The third-order valence-corrected chi connectivity index (χ3v) is 5.86. The highest BCUT2D eigenvalue weighted by molar-refractivity contribution is 5.85. The summed E-state index contributed by atoms with van der Waals surface area (Å²) in [5.74, 6) is 0.934. The molecule has 7 heteroatoms. The van der Waals surface area contributed by atoms with E-state index in [4.69, 9.17) is 4.74 Å². The Morgan fingerprint density at radius 1 is 1.00 bits per heavy atom. The molecule has 2 aliphatic heterocycles. The highest BCUT2D eigenvalue weighted by Gasteiger charge is 2.32. The Bertz CT molecular complexity index is 850. The number of piperidine rings is 2. The minimum Gasteiger partial charge on any atom is -0.473 e. The number of fused-ring (bicyclic) bond motifs is 1. The summed E-state index contributed by atoms with van der Waals surface area (Å²) in [5.41, 5.74) is 0. The van der Waals surface area contributed by atoms with Crippen molar-refractivity contribution in [3.63, 3.8) is 0 Å². The zero-order valence-electron chi connectivity index (χ0n) is 16.2. The van der Waals surface area contributed by atoms with Crippen LogP contribution in [0.2, 0.25) is 0 Å². The Morgan fingerprint density at radius 2 is 1.68 bits per heavy atom. The largest absolute Gasteiger partial charge is 0.473 e. The molecule has 148 valence electrons. The zero-order valence-corrected chi connectivity index (χ0v) is 16.2. The number of nitrogens with zero attached hydrogens (tertiary/aromatic N) is 4. The number of amides is 2. The molecule has 2 aliphatic rings. The Labute approximate surface area is 164 Å². The Morgan fingerprint density at radius 3 is 2.39 bits per heavy atom. The van der Waals surface area contributed by atoms with Gasteiger partial charge in [0.2, 0.25) is 17.7 Å². The van der Waals surface area contributed by atoms with E-state index in [1.54, 1.807) is 13.1 Å². The average Bonchev–Trinajstić information content (AvgIpc) is 2.74. The summed E-state index contributed by atoms with van der Waals surface area (Å²) in [4.78, 5) is 28.1. The number of hydrogen-bond acceptors (Lipinski definition) is 5. The number of aromatic nitrogens is 2. The summed E-state index contributed by atoms with van der Waals surface area (Å²) < 4.78 is 6.13. The predicted octanol–water partition coefficient (Wildman–Crippen LogP) is 2.26. The van der Waals surface area contributed by atoms with Crippen molar-refractivity contribution >= 4 is 22.6 Å². The first-order valence-corrected chi connectivity index (χ1v) is 10.0. The molecule has 0 aliphatic carbocycles. The van der Waals surface area contributed by atoms with Crippen LogP contribution in [-0.2, 0) is 9.59 Å². The maximum atomic E-state index is 12.8. The van der Waals surface area contributed by atoms with Gasteiger partial charge in [-0.2, -0.15) is 5.10 Å². The van der Waals surface area contributed by atoms with Crippen LogP contribution in [0.25, 0.3) is 10.8 Å². The zero-order chi connectivity index (χ0) is 19.5. The number of hydrogen-bond donors (Lipinski definition) is 0. The fourth-order valence-corrected chi connectivity index (χ4v) is 4.14. The molecule has 7 nitrogen and oxygen atoms in total. The molecule has 1 aromatic carbocycles. The van der Waals surface area contributed by atoms with Crippen molar-refractivity contribution in [2.45, 2.75) is 38.7 Å². The summed E-state index contributed by atoms with van der Waals surface area (Å²) >= 11 is 0. The van der Waals surface area contributed by atoms with Crippen molar-refractivity contribution < 1.29 is 14.3 Å². The van der Waals surface area contributed by atoms with Crippen molar-refractivity contribution in [2.24, 2.45) is 5.92 Å². The quantitative estimate of drug-likeness (QED) is 0.814. The van der Waals surface area contributed by atoms with Crippen LogP contribution in [0.15, 0.2) is 30.5 Å². The van der Waals surface area contributed by atoms with Gasteiger partial charge in [0.25, 0.3) is 0 Å². The topological polar surface area (TPSA) is 75.6 Å². The van der Waals surface area contributed by atoms with Crippen LogP contribution in [-0.4, -0.2) is 64.1 Å². The first-order chi connectivity index (χ1) is 13.6. The lowest BCUT2D eigenvalue weighted by molar-refractivity contribution is -0.141. The number of rotatable bonds is 3. The fourth-order valence-electron chi connectivity index (χ4n) is 4.14. The van der Waals surface area contributed by atoms with Gasteiger partial charge in [-0.3, -0.25) is 9.59 Å². The number of benzene rings is 1. The van der Waals surface area contributed by atoms with E-state index in [9.17, 15) is 9.59 Å². The van der Waals surface area contributed by atoms with Crippen LogP contribution in [0, 0.1) is 5.92 Å². The van der Waals surface area contributed by atoms with Gasteiger partial charge in [-0.15, -0.1) is 5.10 Å². The number of carbonyl (C=O) groups is 2. The first-order valence-electron chi connectivity index (χ1n) is 10.0. The van der Waals surface area contributed by atoms with Gasteiger partial charge in [0.1, 0.15) is 6.10 Å². The maximum absolute atomic E-state index is 12.8. The van der Waals surface area contributed by atoms with Crippen LogP contribution in [0.5, 0.6) is 5.88 Å². The van der Waals surface area contributed by atoms with Crippen LogP contribution in [0.3, 0.4) is 0 Å². The minimum atomic E-state index is 0.0389. The van der Waals surface area contributed by atoms with Gasteiger partial charge in [0, 0.05) is 62.6 Å². The monoisotopic (exact) mass is 382 g/mol. The van der Waals surface area contributed by atoms with Gasteiger partial charge in [-0.1, -0.05) is 18.2 Å². The molecule has 0 spiro atoms. The van der Waals surface area contributed by atoms with Crippen LogP contribution >= 0.6 is 0 Å². The standard InChI is InChI=1S/C21H26N4O3/c1-15(26)24-10-6-16(7-11-24)21(27)25-12-8-18(9-13-25)28-20-19-5-3-2-4-17(19)14-22-23-20/h2-5,14,16,18H,6-13H2,1H3. The van der Waals surface area contributed by atoms with Gasteiger partial charge in [0.15, 0.2) is 0 Å². The van der Waals surface area contributed by atoms with E-state index < -0.39 is 0 Å². The molecule has 1 aromatic heterocycles. The lowest BCUT2D eigenvalue weighted by Gasteiger charge is -2.37. The SMILES string of the molecule is CC(=O)N1CCC(C(=O)N2CCC(Oc3nncc4ccccc34)CC2)CC1. The van der Waals surface area contributed by atoms with Crippen molar-refractivity contribution in [2.75, 3.05) is 26.2 Å². The smallest absolute Gasteiger partial charge is 0.241 e. The third kappa shape index (κ3) is 3.93. The molecule has 2 amide bonds. The first kappa shape index (κ1) is 18.7.